The Morgan fingerprint density at radius 2 is 1.69 bits per heavy atom. The molecule has 1 saturated heterocycles. The van der Waals surface area contributed by atoms with E-state index in [1.165, 1.54) is 13.2 Å². The Hall–Kier alpha value is -3.14. The molecule has 3 aromatic rings. The summed E-state index contributed by atoms with van der Waals surface area (Å²) in [6.07, 6.45) is 1.40. The van der Waals surface area contributed by atoms with E-state index < -0.39 is 17.8 Å². The summed E-state index contributed by atoms with van der Waals surface area (Å²) in [6, 6.07) is 14.8. The summed E-state index contributed by atoms with van der Waals surface area (Å²) in [4.78, 5) is 39.3. The molecule has 1 aliphatic rings. The minimum absolute atomic E-state index is 0.201. The Labute approximate surface area is 229 Å². The van der Waals surface area contributed by atoms with Gasteiger partial charge in [0.05, 0.1) is 12.8 Å². The molecule has 0 bridgehead atoms. The summed E-state index contributed by atoms with van der Waals surface area (Å²) in [5.41, 5.74) is 2.39. The van der Waals surface area contributed by atoms with Crippen LogP contribution in [-0.2, 0) is 16.2 Å². The van der Waals surface area contributed by atoms with Crippen molar-refractivity contribution in [2.45, 2.75) is 13.5 Å². The second kappa shape index (κ2) is 10.9. The van der Waals surface area contributed by atoms with E-state index in [4.69, 9.17) is 21.1 Å². The van der Waals surface area contributed by atoms with Crippen molar-refractivity contribution in [2.24, 2.45) is 0 Å². The van der Waals surface area contributed by atoms with Crippen LogP contribution in [0.2, 0.25) is 5.02 Å². The quantitative estimate of drug-likeness (QED) is 0.250. The number of amides is 4. The van der Waals surface area contributed by atoms with Crippen LogP contribution in [0.15, 0.2) is 69.1 Å². The molecule has 36 heavy (non-hydrogen) atoms. The minimum Gasteiger partial charge on any atom is -0.493 e. The monoisotopic (exact) mass is 632 g/mol. The summed E-state index contributed by atoms with van der Waals surface area (Å²) in [5.74, 6) is -0.661. The van der Waals surface area contributed by atoms with Gasteiger partial charge >= 0.3 is 6.03 Å². The van der Waals surface area contributed by atoms with E-state index in [0.29, 0.717) is 32.2 Å². The lowest BCUT2D eigenvalue weighted by atomic mass is 10.1. The molecule has 1 heterocycles. The zero-order valence-corrected chi connectivity index (χ0v) is 23.0. The number of hydrogen-bond acceptors (Lipinski definition) is 5. The molecule has 0 spiro atoms. The highest BCUT2D eigenvalue weighted by Gasteiger charge is 2.37. The fraction of sp³-hybridized carbons (Fsp3) is 0.115. The molecule has 1 N–H and O–H groups in total. The van der Waals surface area contributed by atoms with Gasteiger partial charge in [0.25, 0.3) is 11.8 Å². The Kier molecular flexibility index (Phi) is 7.82. The molecule has 4 rings (SSSR count). The number of hydrogen-bond donors (Lipinski definition) is 1. The van der Waals surface area contributed by atoms with Gasteiger partial charge in [0.1, 0.15) is 12.2 Å². The second-order valence-corrected chi connectivity index (χ2v) is 9.98. The van der Waals surface area contributed by atoms with Crippen molar-refractivity contribution >= 4 is 73.1 Å². The van der Waals surface area contributed by atoms with Crippen molar-refractivity contribution in [3.05, 3.63) is 90.8 Å². The maximum absolute atomic E-state index is 13.2. The van der Waals surface area contributed by atoms with Crippen molar-refractivity contribution < 1.29 is 23.9 Å². The lowest BCUT2D eigenvalue weighted by Gasteiger charge is -2.27. The number of anilines is 1. The van der Waals surface area contributed by atoms with E-state index in [0.717, 1.165) is 20.5 Å². The summed E-state index contributed by atoms with van der Waals surface area (Å²) in [7, 11) is 1.49. The number of nitrogens with one attached hydrogen (secondary N) is 1. The van der Waals surface area contributed by atoms with Crippen molar-refractivity contribution in [2.75, 3.05) is 12.0 Å². The van der Waals surface area contributed by atoms with Crippen molar-refractivity contribution in [3.8, 4) is 11.5 Å². The van der Waals surface area contributed by atoms with Gasteiger partial charge in [-0.15, -0.1) is 0 Å². The van der Waals surface area contributed by atoms with E-state index in [1.807, 2.05) is 19.1 Å². The lowest BCUT2D eigenvalue weighted by Crippen LogP contribution is -2.54. The molecule has 0 aliphatic carbocycles. The highest BCUT2D eigenvalue weighted by Crippen LogP contribution is 2.36. The molecule has 0 radical (unpaired) electrons. The number of methoxy groups -OCH3 is 1. The largest absolute Gasteiger partial charge is 0.493 e. The highest BCUT2D eigenvalue weighted by molar-refractivity contribution is 9.10. The number of imide groups is 2. The molecule has 3 aromatic carbocycles. The first-order valence-electron chi connectivity index (χ1n) is 10.6. The maximum atomic E-state index is 13.2. The molecular weight excluding hydrogens is 616 g/mol. The molecule has 0 saturated carbocycles. The maximum Gasteiger partial charge on any atom is 0.335 e. The summed E-state index contributed by atoms with van der Waals surface area (Å²) in [6.45, 7) is 2.12. The number of carbonyl (C=O) groups is 3. The second-order valence-electron chi connectivity index (χ2n) is 7.83. The predicted molar refractivity (Wildman–Crippen MR) is 144 cm³/mol. The number of carbonyl (C=O) groups excluding carboxylic acids is 3. The molecule has 0 atom stereocenters. The first kappa shape index (κ1) is 25.9. The van der Waals surface area contributed by atoms with E-state index in [1.54, 1.807) is 42.5 Å². The normalized spacial score (nSPS) is 14.8. The predicted octanol–water partition coefficient (Wildman–Crippen LogP) is 6.43. The molecule has 1 fully saturated rings. The van der Waals surface area contributed by atoms with Crippen molar-refractivity contribution in [1.82, 2.24) is 5.32 Å². The highest BCUT2D eigenvalue weighted by atomic mass is 79.9. The molecule has 7 nitrogen and oxygen atoms in total. The molecule has 0 aromatic heterocycles. The van der Waals surface area contributed by atoms with Gasteiger partial charge in [-0.25, -0.2) is 9.69 Å². The van der Waals surface area contributed by atoms with Crippen LogP contribution in [0.3, 0.4) is 0 Å². The first-order chi connectivity index (χ1) is 17.2. The number of barbiturate groups is 1. The number of aryl methyl sites for hydroxylation is 1. The number of halogens is 3. The average molecular weight is 635 g/mol. The standard InChI is InChI=1S/C26H19Br2ClN2O5/c1-14-9-18(7-8-20(14)27)31-25(33)19(24(32)30-26(31)34)10-16-11-22(35-2)23(12-21(16)28)36-13-15-3-5-17(29)6-4-15/h3-12H,13H2,1-2H3,(H,30,32,34)/b19-10+. The van der Waals surface area contributed by atoms with Crippen LogP contribution in [0.1, 0.15) is 16.7 Å². The first-order valence-corrected chi connectivity index (χ1v) is 12.6. The molecule has 4 amide bonds. The molecule has 0 unspecified atom stereocenters. The molecule has 184 valence electrons. The van der Waals surface area contributed by atoms with E-state index in [2.05, 4.69) is 37.2 Å². The minimum atomic E-state index is -0.813. The number of nitrogens with zero attached hydrogens (tertiary/aromatic N) is 1. The zero-order valence-electron chi connectivity index (χ0n) is 19.1. The van der Waals surface area contributed by atoms with Crippen LogP contribution in [0, 0.1) is 6.92 Å². The molecular formula is C26H19Br2ClN2O5. The number of ether oxygens (including phenoxy) is 2. The average Bonchev–Trinajstić information content (AvgIpc) is 2.84. The van der Waals surface area contributed by atoms with E-state index in [9.17, 15) is 14.4 Å². The number of rotatable bonds is 6. The van der Waals surface area contributed by atoms with Gasteiger partial charge in [-0.05, 0) is 72.2 Å². The Morgan fingerprint density at radius 1 is 0.972 bits per heavy atom. The van der Waals surface area contributed by atoms with Crippen LogP contribution < -0.4 is 19.7 Å². The summed E-state index contributed by atoms with van der Waals surface area (Å²) >= 11 is 12.8. The van der Waals surface area contributed by atoms with Gasteiger partial charge in [-0.2, -0.15) is 0 Å². The molecule has 1 aliphatic heterocycles. The van der Waals surface area contributed by atoms with Crippen LogP contribution >= 0.6 is 43.5 Å². The summed E-state index contributed by atoms with van der Waals surface area (Å²) < 4.78 is 12.8. The third-order valence-electron chi connectivity index (χ3n) is 5.39. The third kappa shape index (κ3) is 5.48. The topological polar surface area (TPSA) is 84.9 Å². The smallest absolute Gasteiger partial charge is 0.335 e. The van der Waals surface area contributed by atoms with Gasteiger partial charge in [0.15, 0.2) is 11.5 Å². The Bertz CT molecular complexity index is 1410. The van der Waals surface area contributed by atoms with Crippen LogP contribution in [-0.4, -0.2) is 25.0 Å². The van der Waals surface area contributed by atoms with E-state index >= 15 is 0 Å². The fourth-order valence-electron chi connectivity index (χ4n) is 3.49. The SMILES string of the molecule is COc1cc(/C=C2\C(=O)NC(=O)N(c3ccc(Br)c(C)c3)C2=O)c(Br)cc1OCc1ccc(Cl)cc1. The van der Waals surface area contributed by atoms with E-state index in [-0.39, 0.29) is 12.2 Å². The van der Waals surface area contributed by atoms with Crippen molar-refractivity contribution in [3.63, 3.8) is 0 Å². The zero-order chi connectivity index (χ0) is 26.0. The van der Waals surface area contributed by atoms with Gasteiger partial charge in [-0.3, -0.25) is 14.9 Å². The Morgan fingerprint density at radius 3 is 2.36 bits per heavy atom. The lowest BCUT2D eigenvalue weighted by molar-refractivity contribution is -0.122. The van der Waals surface area contributed by atoms with Gasteiger partial charge in [0, 0.05) is 14.0 Å². The van der Waals surface area contributed by atoms with Crippen molar-refractivity contribution in [1.29, 1.82) is 0 Å². The van der Waals surface area contributed by atoms with Crippen LogP contribution in [0.4, 0.5) is 10.5 Å². The summed E-state index contributed by atoms with van der Waals surface area (Å²) in [5, 5.41) is 2.86. The fourth-order valence-corrected chi connectivity index (χ4v) is 4.30. The molecule has 10 heteroatoms. The number of benzene rings is 3. The van der Waals surface area contributed by atoms with Gasteiger partial charge in [-0.1, -0.05) is 55.6 Å². The van der Waals surface area contributed by atoms with Crippen LogP contribution in [0.5, 0.6) is 11.5 Å². The number of urea groups is 1. The third-order valence-corrected chi connectivity index (χ3v) is 7.22. The van der Waals surface area contributed by atoms with Crippen LogP contribution in [0.25, 0.3) is 6.08 Å². The van der Waals surface area contributed by atoms with Gasteiger partial charge in [0.2, 0.25) is 0 Å². The Balaban J connectivity index is 1.64. The van der Waals surface area contributed by atoms with Gasteiger partial charge < -0.3 is 9.47 Å².